The summed E-state index contributed by atoms with van der Waals surface area (Å²) in [6.07, 6.45) is 1.66. The van der Waals surface area contributed by atoms with Gasteiger partial charge in [-0.05, 0) is 24.1 Å². The van der Waals surface area contributed by atoms with E-state index in [1.807, 2.05) is 29.2 Å². The number of carbonyl (C=O) groups excluding carboxylic acids is 2. The molecule has 2 saturated heterocycles. The molecule has 0 bridgehead atoms. The predicted octanol–water partition coefficient (Wildman–Crippen LogP) is 0.727. The highest BCUT2D eigenvalue weighted by Crippen LogP contribution is 2.26. The Hall–Kier alpha value is -2.04. The van der Waals surface area contributed by atoms with E-state index in [-0.39, 0.29) is 23.9 Å². The molecular formula is C15H18N2O3. The van der Waals surface area contributed by atoms with Gasteiger partial charge < -0.3 is 15.0 Å². The molecule has 5 nitrogen and oxygen atoms in total. The van der Waals surface area contributed by atoms with E-state index in [9.17, 15) is 9.59 Å². The molecule has 2 fully saturated rings. The molecule has 3 rings (SSSR count). The third kappa shape index (κ3) is 2.35. The van der Waals surface area contributed by atoms with Crippen LogP contribution < -0.4 is 10.1 Å². The van der Waals surface area contributed by atoms with Crippen LogP contribution in [0.5, 0.6) is 5.75 Å². The van der Waals surface area contributed by atoms with Crippen LogP contribution in [0.25, 0.3) is 0 Å². The normalized spacial score (nSPS) is 24.4. The quantitative estimate of drug-likeness (QED) is 0.884. The van der Waals surface area contributed by atoms with Crippen molar-refractivity contribution in [3.8, 4) is 5.75 Å². The van der Waals surface area contributed by atoms with Crippen molar-refractivity contribution in [3.63, 3.8) is 0 Å². The SMILES string of the molecule is COc1cccc(CC(=O)N2CCC3NC(=O)CC32)c1. The first-order valence-corrected chi connectivity index (χ1v) is 6.89. The van der Waals surface area contributed by atoms with E-state index >= 15 is 0 Å². The molecule has 2 aliphatic heterocycles. The molecule has 0 aliphatic carbocycles. The fourth-order valence-electron chi connectivity index (χ4n) is 3.10. The Balaban J connectivity index is 1.68. The highest BCUT2D eigenvalue weighted by Gasteiger charge is 2.43. The summed E-state index contributed by atoms with van der Waals surface area (Å²) in [5, 5.41) is 2.93. The maximum atomic E-state index is 12.4. The van der Waals surface area contributed by atoms with E-state index < -0.39 is 0 Å². The molecule has 0 radical (unpaired) electrons. The Morgan fingerprint density at radius 3 is 3.15 bits per heavy atom. The van der Waals surface area contributed by atoms with Gasteiger partial charge in [0.1, 0.15) is 5.75 Å². The van der Waals surface area contributed by atoms with E-state index in [0.29, 0.717) is 12.8 Å². The number of amides is 2. The number of fused-ring (bicyclic) bond motifs is 1. The van der Waals surface area contributed by atoms with Gasteiger partial charge in [0.2, 0.25) is 11.8 Å². The van der Waals surface area contributed by atoms with Crippen molar-refractivity contribution < 1.29 is 14.3 Å². The van der Waals surface area contributed by atoms with Gasteiger partial charge in [0.15, 0.2) is 0 Å². The average molecular weight is 274 g/mol. The molecule has 1 N–H and O–H groups in total. The zero-order valence-electron chi connectivity index (χ0n) is 11.5. The highest BCUT2D eigenvalue weighted by atomic mass is 16.5. The summed E-state index contributed by atoms with van der Waals surface area (Å²) in [4.78, 5) is 25.7. The molecule has 0 aromatic heterocycles. The smallest absolute Gasteiger partial charge is 0.227 e. The topological polar surface area (TPSA) is 58.6 Å². The van der Waals surface area contributed by atoms with Crippen LogP contribution in [-0.4, -0.2) is 42.5 Å². The zero-order chi connectivity index (χ0) is 14.1. The third-order valence-electron chi connectivity index (χ3n) is 4.10. The van der Waals surface area contributed by atoms with Gasteiger partial charge in [-0.3, -0.25) is 9.59 Å². The van der Waals surface area contributed by atoms with Gasteiger partial charge in [-0.2, -0.15) is 0 Å². The van der Waals surface area contributed by atoms with Gasteiger partial charge in [0.25, 0.3) is 0 Å². The fraction of sp³-hybridized carbons (Fsp3) is 0.467. The highest BCUT2D eigenvalue weighted by molar-refractivity contribution is 5.84. The van der Waals surface area contributed by atoms with E-state index in [1.165, 1.54) is 0 Å². The molecule has 5 heteroatoms. The number of methoxy groups -OCH3 is 1. The molecule has 106 valence electrons. The van der Waals surface area contributed by atoms with Crippen molar-refractivity contribution >= 4 is 11.8 Å². The second-order valence-corrected chi connectivity index (χ2v) is 5.35. The lowest BCUT2D eigenvalue weighted by atomic mass is 10.1. The van der Waals surface area contributed by atoms with Crippen LogP contribution in [0.3, 0.4) is 0 Å². The molecule has 2 unspecified atom stereocenters. The van der Waals surface area contributed by atoms with Crippen molar-refractivity contribution in [1.29, 1.82) is 0 Å². The lowest BCUT2D eigenvalue weighted by molar-refractivity contribution is -0.131. The summed E-state index contributed by atoms with van der Waals surface area (Å²) >= 11 is 0. The number of nitrogens with one attached hydrogen (secondary N) is 1. The summed E-state index contributed by atoms with van der Waals surface area (Å²) < 4.78 is 5.17. The second-order valence-electron chi connectivity index (χ2n) is 5.35. The number of hydrogen-bond donors (Lipinski definition) is 1. The molecule has 2 aliphatic rings. The summed E-state index contributed by atoms with van der Waals surface area (Å²) in [7, 11) is 1.61. The summed E-state index contributed by atoms with van der Waals surface area (Å²) in [5.41, 5.74) is 0.940. The lowest BCUT2D eigenvalue weighted by Gasteiger charge is -2.22. The van der Waals surface area contributed by atoms with Gasteiger partial charge in [0, 0.05) is 13.0 Å². The number of carbonyl (C=O) groups is 2. The van der Waals surface area contributed by atoms with Gasteiger partial charge in [-0.25, -0.2) is 0 Å². The lowest BCUT2D eigenvalue weighted by Crippen LogP contribution is -2.39. The Kier molecular flexibility index (Phi) is 3.34. The predicted molar refractivity (Wildman–Crippen MR) is 73.4 cm³/mol. The molecule has 0 spiro atoms. The third-order valence-corrected chi connectivity index (χ3v) is 4.10. The number of rotatable bonds is 3. The maximum Gasteiger partial charge on any atom is 0.227 e. The number of hydrogen-bond acceptors (Lipinski definition) is 3. The summed E-state index contributed by atoms with van der Waals surface area (Å²) in [6.45, 7) is 0.735. The van der Waals surface area contributed by atoms with Crippen LogP contribution in [0.15, 0.2) is 24.3 Å². The number of likely N-dealkylation sites (tertiary alicyclic amines) is 1. The minimum absolute atomic E-state index is 0.0422. The van der Waals surface area contributed by atoms with Gasteiger partial charge in [0.05, 0.1) is 25.6 Å². The van der Waals surface area contributed by atoms with E-state index in [1.54, 1.807) is 7.11 Å². The largest absolute Gasteiger partial charge is 0.497 e. The average Bonchev–Trinajstić information content (AvgIpc) is 2.97. The van der Waals surface area contributed by atoms with Crippen LogP contribution in [0.2, 0.25) is 0 Å². The van der Waals surface area contributed by atoms with Crippen molar-refractivity contribution in [3.05, 3.63) is 29.8 Å². The van der Waals surface area contributed by atoms with E-state index in [2.05, 4.69) is 5.32 Å². The Morgan fingerprint density at radius 1 is 1.50 bits per heavy atom. The van der Waals surface area contributed by atoms with Crippen LogP contribution in [0, 0.1) is 0 Å². The molecule has 2 heterocycles. The van der Waals surface area contributed by atoms with Gasteiger partial charge in [-0.15, -0.1) is 0 Å². The first kappa shape index (κ1) is 13.0. The molecule has 1 aromatic carbocycles. The molecule has 2 amide bonds. The molecule has 20 heavy (non-hydrogen) atoms. The Bertz CT molecular complexity index is 544. The molecule has 2 atom stereocenters. The van der Waals surface area contributed by atoms with Crippen LogP contribution >= 0.6 is 0 Å². The standard InChI is InChI=1S/C15H18N2O3/c1-20-11-4-2-3-10(7-11)8-15(19)17-6-5-12-13(17)9-14(18)16-12/h2-4,7,12-13H,5-6,8-9H2,1H3,(H,16,18). The Morgan fingerprint density at radius 2 is 2.35 bits per heavy atom. The minimum Gasteiger partial charge on any atom is -0.497 e. The van der Waals surface area contributed by atoms with E-state index in [0.717, 1.165) is 24.3 Å². The fourth-order valence-corrected chi connectivity index (χ4v) is 3.10. The Labute approximate surface area is 117 Å². The maximum absolute atomic E-state index is 12.4. The minimum atomic E-state index is 0.0422. The van der Waals surface area contributed by atoms with Gasteiger partial charge >= 0.3 is 0 Å². The number of ether oxygens (including phenoxy) is 1. The van der Waals surface area contributed by atoms with Crippen LogP contribution in [-0.2, 0) is 16.0 Å². The van der Waals surface area contributed by atoms with Crippen molar-refractivity contribution in [2.24, 2.45) is 0 Å². The molecular weight excluding hydrogens is 256 g/mol. The number of nitrogens with zero attached hydrogens (tertiary/aromatic N) is 1. The van der Waals surface area contributed by atoms with Crippen molar-refractivity contribution in [2.75, 3.05) is 13.7 Å². The second kappa shape index (κ2) is 5.15. The van der Waals surface area contributed by atoms with Crippen molar-refractivity contribution in [1.82, 2.24) is 10.2 Å². The summed E-state index contributed by atoms with van der Waals surface area (Å²) in [6, 6.07) is 7.74. The molecule has 1 aromatic rings. The number of benzene rings is 1. The first-order chi connectivity index (χ1) is 9.67. The van der Waals surface area contributed by atoms with Gasteiger partial charge in [-0.1, -0.05) is 12.1 Å². The molecule has 0 saturated carbocycles. The van der Waals surface area contributed by atoms with Crippen LogP contribution in [0.4, 0.5) is 0 Å². The summed E-state index contributed by atoms with van der Waals surface area (Å²) in [5.74, 6) is 0.897. The first-order valence-electron chi connectivity index (χ1n) is 6.89. The van der Waals surface area contributed by atoms with E-state index in [4.69, 9.17) is 4.74 Å². The van der Waals surface area contributed by atoms with Crippen molar-refractivity contribution in [2.45, 2.75) is 31.3 Å². The monoisotopic (exact) mass is 274 g/mol. The zero-order valence-corrected chi connectivity index (χ0v) is 11.5. The van der Waals surface area contributed by atoms with Crippen LogP contribution in [0.1, 0.15) is 18.4 Å².